The molecular formula is C22H16ClN5O3. The van der Waals surface area contributed by atoms with Crippen molar-refractivity contribution in [2.24, 2.45) is 0 Å². The van der Waals surface area contributed by atoms with Crippen molar-refractivity contribution in [2.75, 3.05) is 0 Å². The fourth-order valence-corrected chi connectivity index (χ4v) is 3.26. The molecule has 0 saturated heterocycles. The molecule has 154 valence electrons. The Hall–Kier alpha value is -3.91. The molecule has 3 heterocycles. The van der Waals surface area contributed by atoms with Crippen molar-refractivity contribution >= 4 is 17.2 Å². The Morgan fingerprint density at radius 1 is 1.10 bits per heavy atom. The monoisotopic (exact) mass is 433 g/mol. The van der Waals surface area contributed by atoms with Gasteiger partial charge in [0, 0.05) is 23.0 Å². The second-order valence-corrected chi connectivity index (χ2v) is 7.25. The molecule has 9 heteroatoms. The van der Waals surface area contributed by atoms with Crippen LogP contribution in [0.2, 0.25) is 5.02 Å². The van der Waals surface area contributed by atoms with Crippen molar-refractivity contribution in [1.29, 1.82) is 0 Å². The van der Waals surface area contributed by atoms with Crippen LogP contribution in [0.4, 0.5) is 0 Å². The van der Waals surface area contributed by atoms with E-state index < -0.39 is 0 Å². The Kier molecular flexibility index (Phi) is 4.76. The molecule has 0 aliphatic carbocycles. The number of oxazole rings is 1. The van der Waals surface area contributed by atoms with Crippen LogP contribution < -0.4 is 10.4 Å². The summed E-state index contributed by atoms with van der Waals surface area (Å²) in [7, 11) is 0. The molecule has 0 spiro atoms. The highest BCUT2D eigenvalue weighted by molar-refractivity contribution is 6.30. The highest BCUT2D eigenvalue weighted by Crippen LogP contribution is 2.24. The molecule has 0 bridgehead atoms. The van der Waals surface area contributed by atoms with E-state index in [1.165, 1.54) is 15.3 Å². The van der Waals surface area contributed by atoms with E-state index in [1.807, 2.05) is 37.3 Å². The van der Waals surface area contributed by atoms with Crippen LogP contribution in [-0.4, -0.2) is 24.1 Å². The Bertz CT molecular complexity index is 1420. The van der Waals surface area contributed by atoms with E-state index in [4.69, 9.17) is 20.8 Å². The van der Waals surface area contributed by atoms with Gasteiger partial charge in [-0.2, -0.15) is 0 Å². The van der Waals surface area contributed by atoms with Crippen LogP contribution in [0.3, 0.4) is 0 Å². The predicted octanol–water partition coefficient (Wildman–Crippen LogP) is 4.35. The van der Waals surface area contributed by atoms with E-state index in [0.29, 0.717) is 33.8 Å². The van der Waals surface area contributed by atoms with Gasteiger partial charge in [-0.15, -0.1) is 5.10 Å². The first kappa shape index (κ1) is 19.1. The number of nitrogens with zero attached hydrogens (tertiary/aromatic N) is 5. The second kappa shape index (κ2) is 7.73. The minimum absolute atomic E-state index is 0.156. The molecule has 0 atom stereocenters. The van der Waals surface area contributed by atoms with E-state index in [-0.39, 0.29) is 18.1 Å². The molecule has 0 aliphatic rings. The van der Waals surface area contributed by atoms with Crippen molar-refractivity contribution in [3.8, 4) is 23.1 Å². The van der Waals surface area contributed by atoms with Gasteiger partial charge < -0.3 is 9.15 Å². The topological polar surface area (TPSA) is 87.4 Å². The van der Waals surface area contributed by atoms with E-state index in [1.54, 1.807) is 30.5 Å². The van der Waals surface area contributed by atoms with Crippen molar-refractivity contribution in [1.82, 2.24) is 24.1 Å². The van der Waals surface area contributed by atoms with Crippen molar-refractivity contribution < 1.29 is 9.15 Å². The van der Waals surface area contributed by atoms with Crippen LogP contribution in [0.15, 0.2) is 76.2 Å². The zero-order valence-corrected chi connectivity index (χ0v) is 17.2. The third-order valence-corrected chi connectivity index (χ3v) is 4.96. The number of aryl methyl sites for hydroxylation is 1. The standard InChI is InChI=1S/C22H16ClN5O3/c1-14-18(25-20(30-14)15-5-3-2-4-6-15)13-28-22(29)27-12-11-24-21(19(27)26-28)31-17-9-7-16(23)8-10-17/h2-12H,13H2,1H3. The van der Waals surface area contributed by atoms with E-state index >= 15 is 0 Å². The Labute approximate surface area is 181 Å². The average molecular weight is 434 g/mol. The van der Waals surface area contributed by atoms with Crippen LogP contribution in [0, 0.1) is 6.92 Å². The van der Waals surface area contributed by atoms with E-state index in [9.17, 15) is 4.79 Å². The summed E-state index contributed by atoms with van der Waals surface area (Å²) in [5.41, 5.74) is 1.45. The number of ether oxygens (including phenoxy) is 1. The van der Waals surface area contributed by atoms with Crippen LogP contribution in [0.25, 0.3) is 17.1 Å². The normalized spacial score (nSPS) is 11.2. The van der Waals surface area contributed by atoms with Gasteiger partial charge in [0.25, 0.3) is 5.88 Å². The molecule has 0 aliphatic heterocycles. The van der Waals surface area contributed by atoms with Crippen molar-refractivity contribution in [3.63, 3.8) is 0 Å². The lowest BCUT2D eigenvalue weighted by Crippen LogP contribution is -2.22. The maximum Gasteiger partial charge on any atom is 0.350 e. The molecule has 0 unspecified atom stereocenters. The summed E-state index contributed by atoms with van der Waals surface area (Å²) in [6, 6.07) is 16.4. The first-order valence-corrected chi connectivity index (χ1v) is 9.85. The van der Waals surface area contributed by atoms with Gasteiger partial charge in [-0.1, -0.05) is 29.8 Å². The summed E-state index contributed by atoms with van der Waals surface area (Å²) in [6.07, 6.45) is 3.03. The van der Waals surface area contributed by atoms with Crippen LogP contribution in [0.5, 0.6) is 11.6 Å². The molecule has 0 N–H and O–H groups in total. The maximum absolute atomic E-state index is 12.9. The average Bonchev–Trinajstić information content (AvgIpc) is 3.31. The maximum atomic E-state index is 12.9. The van der Waals surface area contributed by atoms with E-state index in [2.05, 4.69) is 15.1 Å². The number of aromatic nitrogens is 5. The molecule has 2 aromatic carbocycles. The lowest BCUT2D eigenvalue weighted by Gasteiger charge is -2.04. The van der Waals surface area contributed by atoms with Crippen LogP contribution in [-0.2, 0) is 6.54 Å². The van der Waals surface area contributed by atoms with E-state index in [0.717, 1.165) is 5.56 Å². The number of fused-ring (bicyclic) bond motifs is 1. The van der Waals surface area contributed by atoms with Crippen molar-refractivity contribution in [3.05, 3.63) is 94.0 Å². The van der Waals surface area contributed by atoms with Crippen LogP contribution >= 0.6 is 11.6 Å². The molecule has 5 aromatic rings. The molecule has 5 rings (SSSR count). The Morgan fingerprint density at radius 3 is 2.65 bits per heavy atom. The molecule has 0 saturated carbocycles. The summed E-state index contributed by atoms with van der Waals surface area (Å²) in [5, 5.41) is 5.01. The lowest BCUT2D eigenvalue weighted by molar-refractivity contribution is 0.464. The molecular weight excluding hydrogens is 418 g/mol. The summed E-state index contributed by atoms with van der Waals surface area (Å²) in [6.45, 7) is 1.97. The van der Waals surface area contributed by atoms with Crippen LogP contribution in [0.1, 0.15) is 11.5 Å². The van der Waals surface area contributed by atoms with Gasteiger partial charge in [0.05, 0.1) is 6.54 Å². The first-order valence-electron chi connectivity index (χ1n) is 9.48. The third-order valence-electron chi connectivity index (χ3n) is 4.71. The summed E-state index contributed by atoms with van der Waals surface area (Å²) in [4.78, 5) is 21.6. The number of rotatable bonds is 5. The fraction of sp³-hybridized carbons (Fsp3) is 0.0909. The highest BCUT2D eigenvalue weighted by Gasteiger charge is 2.17. The summed E-state index contributed by atoms with van der Waals surface area (Å²) < 4.78 is 14.3. The molecule has 8 nitrogen and oxygen atoms in total. The van der Waals surface area contributed by atoms with Gasteiger partial charge >= 0.3 is 5.69 Å². The number of benzene rings is 2. The quantitative estimate of drug-likeness (QED) is 0.409. The van der Waals surface area contributed by atoms with Gasteiger partial charge in [0.2, 0.25) is 11.5 Å². The smallest absolute Gasteiger partial charge is 0.350 e. The SMILES string of the molecule is Cc1oc(-c2ccccc2)nc1Cn1nc2c(Oc3ccc(Cl)cc3)nccn2c1=O. The molecule has 0 radical (unpaired) electrons. The van der Waals surface area contributed by atoms with Gasteiger partial charge in [0.1, 0.15) is 17.2 Å². The summed E-state index contributed by atoms with van der Waals surface area (Å²) >= 11 is 5.92. The molecule has 3 aromatic heterocycles. The number of halogens is 1. The molecule has 31 heavy (non-hydrogen) atoms. The third kappa shape index (κ3) is 3.69. The van der Waals surface area contributed by atoms with Gasteiger partial charge in [-0.25, -0.2) is 23.8 Å². The Morgan fingerprint density at radius 2 is 1.87 bits per heavy atom. The van der Waals surface area contributed by atoms with Gasteiger partial charge in [0.15, 0.2) is 0 Å². The number of hydrogen-bond acceptors (Lipinski definition) is 6. The van der Waals surface area contributed by atoms with Crippen molar-refractivity contribution in [2.45, 2.75) is 13.5 Å². The molecule has 0 amide bonds. The zero-order chi connectivity index (χ0) is 21.4. The first-order chi connectivity index (χ1) is 15.1. The zero-order valence-electron chi connectivity index (χ0n) is 16.4. The van der Waals surface area contributed by atoms with Gasteiger partial charge in [-0.05, 0) is 43.3 Å². The van der Waals surface area contributed by atoms with Gasteiger partial charge in [-0.3, -0.25) is 0 Å². The minimum Gasteiger partial charge on any atom is -0.441 e. The second-order valence-electron chi connectivity index (χ2n) is 6.81. The number of hydrogen-bond donors (Lipinski definition) is 0. The molecule has 0 fully saturated rings. The Balaban J connectivity index is 1.49. The highest BCUT2D eigenvalue weighted by atomic mass is 35.5. The summed E-state index contributed by atoms with van der Waals surface area (Å²) in [5.74, 6) is 1.87. The lowest BCUT2D eigenvalue weighted by atomic mass is 10.2. The predicted molar refractivity (Wildman–Crippen MR) is 115 cm³/mol. The largest absolute Gasteiger partial charge is 0.441 e. The fourth-order valence-electron chi connectivity index (χ4n) is 3.14. The minimum atomic E-state index is -0.331.